The Balaban J connectivity index is 1.95. The van der Waals surface area contributed by atoms with Crippen molar-refractivity contribution >= 4 is 23.2 Å². The van der Waals surface area contributed by atoms with E-state index in [2.05, 4.69) is 0 Å². The largest absolute Gasteiger partial charge is 0.485 e. The van der Waals surface area contributed by atoms with E-state index in [1.807, 2.05) is 24.3 Å². The fourth-order valence-corrected chi connectivity index (χ4v) is 2.71. The molecule has 0 radical (unpaired) electrons. The van der Waals surface area contributed by atoms with Gasteiger partial charge in [0.15, 0.2) is 0 Å². The SMILES string of the molecule is O[C@H]1CC(c2cccc(Cl)c2)Oc2ccc(Cl)cc21. The monoisotopic (exact) mass is 294 g/mol. The van der Waals surface area contributed by atoms with Crippen LogP contribution in [0.15, 0.2) is 42.5 Å². The van der Waals surface area contributed by atoms with Gasteiger partial charge in [0.2, 0.25) is 0 Å². The van der Waals surface area contributed by atoms with E-state index in [1.165, 1.54) is 0 Å². The van der Waals surface area contributed by atoms with Gasteiger partial charge < -0.3 is 9.84 Å². The first-order valence-corrected chi connectivity index (χ1v) is 6.79. The molecule has 1 unspecified atom stereocenters. The highest BCUT2D eigenvalue weighted by Crippen LogP contribution is 2.41. The minimum absolute atomic E-state index is 0.192. The number of aliphatic hydroxyl groups excluding tert-OH is 1. The summed E-state index contributed by atoms with van der Waals surface area (Å²) < 4.78 is 5.92. The molecule has 0 fully saturated rings. The van der Waals surface area contributed by atoms with Crippen molar-refractivity contribution in [3.05, 3.63) is 63.6 Å². The number of hydrogen-bond donors (Lipinski definition) is 1. The minimum atomic E-state index is -0.577. The summed E-state index contributed by atoms with van der Waals surface area (Å²) in [5, 5.41) is 11.5. The van der Waals surface area contributed by atoms with Crippen LogP contribution in [0.3, 0.4) is 0 Å². The van der Waals surface area contributed by atoms with Crippen LogP contribution in [0.4, 0.5) is 0 Å². The van der Waals surface area contributed by atoms with Gasteiger partial charge in [0.25, 0.3) is 0 Å². The molecule has 2 aromatic carbocycles. The number of rotatable bonds is 1. The van der Waals surface area contributed by atoms with E-state index >= 15 is 0 Å². The zero-order chi connectivity index (χ0) is 13.4. The van der Waals surface area contributed by atoms with Crippen LogP contribution >= 0.6 is 23.2 Å². The van der Waals surface area contributed by atoms with Gasteiger partial charge >= 0.3 is 0 Å². The third-order valence-electron chi connectivity index (χ3n) is 3.26. The maximum Gasteiger partial charge on any atom is 0.127 e. The van der Waals surface area contributed by atoms with Gasteiger partial charge in [-0.25, -0.2) is 0 Å². The Morgan fingerprint density at radius 2 is 1.84 bits per heavy atom. The molecule has 0 saturated carbocycles. The molecule has 0 saturated heterocycles. The second-order valence-corrected chi connectivity index (χ2v) is 5.47. The maximum absolute atomic E-state index is 10.2. The Labute approximate surface area is 121 Å². The smallest absolute Gasteiger partial charge is 0.127 e. The van der Waals surface area contributed by atoms with Gasteiger partial charge in [-0.1, -0.05) is 35.3 Å². The van der Waals surface area contributed by atoms with Gasteiger partial charge in [-0.3, -0.25) is 0 Å². The first-order valence-electron chi connectivity index (χ1n) is 6.03. The predicted octanol–water partition coefficient (Wildman–Crippen LogP) is 4.55. The number of fused-ring (bicyclic) bond motifs is 1. The molecule has 1 heterocycles. The van der Waals surface area contributed by atoms with E-state index in [1.54, 1.807) is 18.2 Å². The Bertz CT molecular complexity index is 613. The highest BCUT2D eigenvalue weighted by Gasteiger charge is 2.28. The number of aliphatic hydroxyl groups is 1. The molecule has 4 heteroatoms. The summed E-state index contributed by atoms with van der Waals surface area (Å²) in [4.78, 5) is 0. The van der Waals surface area contributed by atoms with Crippen molar-refractivity contribution in [3.63, 3.8) is 0 Å². The van der Waals surface area contributed by atoms with Gasteiger partial charge in [-0.05, 0) is 35.9 Å². The Morgan fingerprint density at radius 1 is 1.05 bits per heavy atom. The van der Waals surface area contributed by atoms with Gasteiger partial charge in [0, 0.05) is 22.0 Å². The lowest BCUT2D eigenvalue weighted by Crippen LogP contribution is -2.19. The number of hydrogen-bond acceptors (Lipinski definition) is 2. The zero-order valence-corrected chi connectivity index (χ0v) is 11.5. The fourth-order valence-electron chi connectivity index (χ4n) is 2.33. The lowest BCUT2D eigenvalue weighted by molar-refractivity contribution is 0.0657. The summed E-state index contributed by atoms with van der Waals surface area (Å²) in [5.74, 6) is 0.674. The molecule has 1 aliphatic heterocycles. The third-order valence-corrected chi connectivity index (χ3v) is 3.73. The second kappa shape index (κ2) is 5.04. The first kappa shape index (κ1) is 12.8. The van der Waals surface area contributed by atoms with Crippen LogP contribution in [0.5, 0.6) is 5.75 Å². The van der Waals surface area contributed by atoms with Crippen molar-refractivity contribution in [2.45, 2.75) is 18.6 Å². The molecule has 1 aliphatic rings. The number of halogens is 2. The number of ether oxygens (including phenoxy) is 1. The zero-order valence-electron chi connectivity index (χ0n) is 10.0. The molecular formula is C15H12Cl2O2. The quantitative estimate of drug-likeness (QED) is 0.836. The maximum atomic E-state index is 10.2. The molecule has 0 spiro atoms. The predicted molar refractivity (Wildman–Crippen MR) is 75.8 cm³/mol. The molecule has 0 aliphatic carbocycles. The lowest BCUT2D eigenvalue weighted by atomic mass is 9.95. The van der Waals surface area contributed by atoms with E-state index in [0.717, 1.165) is 11.1 Å². The van der Waals surface area contributed by atoms with Crippen molar-refractivity contribution in [2.75, 3.05) is 0 Å². The summed E-state index contributed by atoms with van der Waals surface area (Å²) in [5.41, 5.74) is 1.71. The molecule has 2 atom stereocenters. The van der Waals surface area contributed by atoms with Crippen LogP contribution in [0.2, 0.25) is 10.0 Å². The van der Waals surface area contributed by atoms with Gasteiger partial charge in [0.05, 0.1) is 6.10 Å². The molecule has 2 aromatic rings. The third kappa shape index (κ3) is 2.57. The Kier molecular flexibility index (Phi) is 3.40. The first-order chi connectivity index (χ1) is 9.13. The van der Waals surface area contributed by atoms with Crippen LogP contribution in [0.25, 0.3) is 0 Å². The van der Waals surface area contributed by atoms with Crippen molar-refractivity contribution in [3.8, 4) is 5.75 Å². The summed E-state index contributed by atoms with van der Waals surface area (Å²) in [6.07, 6.45) is -0.276. The van der Waals surface area contributed by atoms with E-state index in [-0.39, 0.29) is 6.10 Å². The molecule has 0 aromatic heterocycles. The fraction of sp³-hybridized carbons (Fsp3) is 0.200. The van der Waals surface area contributed by atoms with E-state index < -0.39 is 6.10 Å². The summed E-state index contributed by atoms with van der Waals surface area (Å²) in [6.45, 7) is 0. The van der Waals surface area contributed by atoms with Gasteiger partial charge in [0.1, 0.15) is 11.9 Å². The topological polar surface area (TPSA) is 29.5 Å². The van der Waals surface area contributed by atoms with Crippen molar-refractivity contribution < 1.29 is 9.84 Å². The molecular weight excluding hydrogens is 283 g/mol. The summed E-state index contributed by atoms with van der Waals surface area (Å²) in [6, 6.07) is 12.8. The van der Waals surface area contributed by atoms with Crippen molar-refractivity contribution in [2.24, 2.45) is 0 Å². The molecule has 0 amide bonds. The van der Waals surface area contributed by atoms with Gasteiger partial charge in [-0.15, -0.1) is 0 Å². The molecule has 19 heavy (non-hydrogen) atoms. The van der Waals surface area contributed by atoms with Crippen molar-refractivity contribution in [1.29, 1.82) is 0 Å². The second-order valence-electron chi connectivity index (χ2n) is 4.60. The normalized spacial score (nSPS) is 21.6. The highest BCUT2D eigenvalue weighted by atomic mass is 35.5. The van der Waals surface area contributed by atoms with Crippen molar-refractivity contribution in [1.82, 2.24) is 0 Å². The molecule has 98 valence electrons. The average Bonchev–Trinajstić information content (AvgIpc) is 2.39. The standard InChI is InChI=1S/C15H12Cl2O2/c16-10-3-1-2-9(6-10)15-8-13(18)12-7-11(17)4-5-14(12)19-15/h1-7,13,15,18H,8H2/t13-,15?/m0/s1. The average molecular weight is 295 g/mol. The molecule has 3 rings (SSSR count). The summed E-state index contributed by atoms with van der Waals surface area (Å²) in [7, 11) is 0. The number of benzene rings is 2. The molecule has 2 nitrogen and oxygen atoms in total. The van der Waals surface area contributed by atoms with E-state index in [4.69, 9.17) is 27.9 Å². The van der Waals surface area contributed by atoms with E-state index in [0.29, 0.717) is 22.2 Å². The summed E-state index contributed by atoms with van der Waals surface area (Å²) >= 11 is 11.9. The lowest BCUT2D eigenvalue weighted by Gasteiger charge is -2.30. The van der Waals surface area contributed by atoms with Crippen LogP contribution < -0.4 is 4.74 Å². The van der Waals surface area contributed by atoms with Crippen LogP contribution in [-0.2, 0) is 0 Å². The molecule has 1 N–H and O–H groups in total. The van der Waals surface area contributed by atoms with Crippen LogP contribution in [-0.4, -0.2) is 5.11 Å². The highest BCUT2D eigenvalue weighted by molar-refractivity contribution is 6.31. The van der Waals surface area contributed by atoms with Crippen LogP contribution in [0, 0.1) is 0 Å². The molecule has 0 bridgehead atoms. The van der Waals surface area contributed by atoms with E-state index in [9.17, 15) is 5.11 Å². The van der Waals surface area contributed by atoms with Gasteiger partial charge in [-0.2, -0.15) is 0 Å². The Morgan fingerprint density at radius 3 is 2.63 bits per heavy atom. The minimum Gasteiger partial charge on any atom is -0.485 e. The Hall–Kier alpha value is -1.22. The van der Waals surface area contributed by atoms with Crippen LogP contribution in [0.1, 0.15) is 29.8 Å².